The zero-order chi connectivity index (χ0) is 14.0. The molecule has 2 aliphatic carbocycles. The lowest BCUT2D eigenvalue weighted by Crippen LogP contribution is -2.43. The minimum absolute atomic E-state index is 0.0190. The van der Waals surface area contributed by atoms with E-state index in [-0.39, 0.29) is 23.2 Å². The van der Waals surface area contributed by atoms with Crippen LogP contribution in [0.25, 0.3) is 0 Å². The van der Waals surface area contributed by atoms with Crippen molar-refractivity contribution in [2.75, 3.05) is 13.2 Å². The molecule has 1 saturated heterocycles. The Labute approximate surface area is 114 Å². The zero-order valence-corrected chi connectivity index (χ0v) is 12.1. The van der Waals surface area contributed by atoms with Crippen LogP contribution in [0.15, 0.2) is 11.6 Å². The van der Waals surface area contributed by atoms with Gasteiger partial charge in [-0.1, -0.05) is 33.8 Å². The lowest BCUT2D eigenvalue weighted by molar-refractivity contribution is -0.259. The highest BCUT2D eigenvalue weighted by atomic mass is 16.7. The summed E-state index contributed by atoms with van der Waals surface area (Å²) in [4.78, 5) is 0. The third kappa shape index (κ3) is 1.88. The molecular formula is C15H24O4. The maximum atomic E-state index is 10.3. The van der Waals surface area contributed by atoms with Crippen molar-refractivity contribution in [1.82, 2.24) is 0 Å². The normalized spacial score (nSPS) is 43.0. The molecule has 2 N–H and O–H groups in total. The van der Waals surface area contributed by atoms with Crippen molar-refractivity contribution >= 4 is 0 Å². The quantitative estimate of drug-likeness (QED) is 0.704. The molecule has 19 heavy (non-hydrogen) atoms. The molecule has 1 aliphatic heterocycles. The van der Waals surface area contributed by atoms with Gasteiger partial charge in [0.05, 0.1) is 25.2 Å². The predicted molar refractivity (Wildman–Crippen MR) is 70.3 cm³/mol. The molecular weight excluding hydrogens is 244 g/mol. The molecule has 0 aromatic rings. The fourth-order valence-electron chi connectivity index (χ4n) is 3.38. The first kappa shape index (κ1) is 13.6. The van der Waals surface area contributed by atoms with Gasteiger partial charge in [0.1, 0.15) is 6.10 Å². The summed E-state index contributed by atoms with van der Waals surface area (Å²) >= 11 is 0. The first-order valence-corrected chi connectivity index (χ1v) is 7.14. The van der Waals surface area contributed by atoms with Crippen LogP contribution in [0.2, 0.25) is 0 Å². The number of aliphatic hydroxyl groups is 2. The third-order valence-corrected chi connectivity index (χ3v) is 4.66. The number of ether oxygens (including phenoxy) is 2. The molecule has 4 heteroatoms. The van der Waals surface area contributed by atoms with Crippen LogP contribution in [-0.2, 0) is 9.47 Å². The van der Waals surface area contributed by atoms with Gasteiger partial charge < -0.3 is 19.7 Å². The monoisotopic (exact) mass is 268 g/mol. The second-order valence-electron chi connectivity index (χ2n) is 7.27. The van der Waals surface area contributed by atoms with E-state index in [0.717, 1.165) is 5.57 Å². The van der Waals surface area contributed by atoms with Crippen LogP contribution in [0.5, 0.6) is 0 Å². The molecule has 2 fully saturated rings. The van der Waals surface area contributed by atoms with Crippen molar-refractivity contribution in [3.63, 3.8) is 0 Å². The van der Waals surface area contributed by atoms with Crippen molar-refractivity contribution in [3.05, 3.63) is 11.6 Å². The molecule has 4 nitrogen and oxygen atoms in total. The number of aliphatic hydroxyl groups excluding tert-OH is 2. The van der Waals surface area contributed by atoms with Gasteiger partial charge in [-0.2, -0.15) is 0 Å². The molecule has 4 atom stereocenters. The first-order valence-electron chi connectivity index (χ1n) is 7.14. The van der Waals surface area contributed by atoms with Gasteiger partial charge in [0.15, 0.2) is 5.79 Å². The number of fused-ring (bicyclic) bond motifs is 3. The zero-order valence-electron chi connectivity index (χ0n) is 12.1. The summed E-state index contributed by atoms with van der Waals surface area (Å²) in [5.41, 5.74) is 0.924. The summed E-state index contributed by atoms with van der Waals surface area (Å²) in [6.45, 7) is 9.53. The lowest BCUT2D eigenvalue weighted by atomic mass is 9.87. The van der Waals surface area contributed by atoms with Crippen LogP contribution in [0.1, 0.15) is 27.7 Å². The Morgan fingerprint density at radius 3 is 2.32 bits per heavy atom. The van der Waals surface area contributed by atoms with E-state index in [2.05, 4.69) is 19.9 Å². The molecule has 3 rings (SSSR count). The largest absolute Gasteiger partial charge is 0.390 e. The third-order valence-electron chi connectivity index (χ3n) is 4.66. The second-order valence-corrected chi connectivity index (χ2v) is 7.27. The Morgan fingerprint density at radius 2 is 1.79 bits per heavy atom. The molecule has 0 amide bonds. The minimum Gasteiger partial charge on any atom is -0.390 e. The molecule has 0 aromatic carbocycles. The van der Waals surface area contributed by atoms with Crippen molar-refractivity contribution in [2.45, 2.75) is 45.7 Å². The highest BCUT2D eigenvalue weighted by molar-refractivity contribution is 5.32. The van der Waals surface area contributed by atoms with Crippen molar-refractivity contribution in [1.29, 1.82) is 0 Å². The first-order chi connectivity index (χ1) is 8.78. The van der Waals surface area contributed by atoms with Crippen LogP contribution in [0, 0.1) is 23.2 Å². The number of hydrogen-bond acceptors (Lipinski definition) is 4. The van der Waals surface area contributed by atoms with Gasteiger partial charge in [-0.15, -0.1) is 0 Å². The Kier molecular flexibility index (Phi) is 2.88. The van der Waals surface area contributed by atoms with Gasteiger partial charge in [-0.05, 0) is 11.5 Å². The van der Waals surface area contributed by atoms with Crippen LogP contribution in [0.3, 0.4) is 0 Å². The summed E-state index contributed by atoms with van der Waals surface area (Å²) in [5, 5.41) is 20.5. The maximum Gasteiger partial charge on any atom is 0.181 e. The van der Waals surface area contributed by atoms with E-state index in [0.29, 0.717) is 13.2 Å². The Morgan fingerprint density at radius 1 is 1.21 bits per heavy atom. The van der Waals surface area contributed by atoms with Gasteiger partial charge in [0.2, 0.25) is 0 Å². The Hall–Kier alpha value is -0.420. The standard InChI is InChI=1S/C15H24O4/c1-8(2)9-5-10-11(13(17)12(9)16)15(10)18-6-14(3,4)7-19-15/h5,8,10-13,16-17H,6-7H2,1-4H3. The van der Waals surface area contributed by atoms with Crippen molar-refractivity contribution in [3.8, 4) is 0 Å². The maximum absolute atomic E-state index is 10.3. The number of hydrogen-bond donors (Lipinski definition) is 2. The molecule has 3 aliphatic rings. The van der Waals surface area contributed by atoms with Crippen molar-refractivity contribution in [2.24, 2.45) is 23.2 Å². The Bertz CT molecular complexity index is 402. The smallest absolute Gasteiger partial charge is 0.181 e. The van der Waals surface area contributed by atoms with E-state index >= 15 is 0 Å². The van der Waals surface area contributed by atoms with E-state index in [1.807, 2.05) is 13.8 Å². The molecule has 108 valence electrons. The summed E-state index contributed by atoms with van der Waals surface area (Å²) in [6.07, 6.45) is 0.488. The summed E-state index contributed by atoms with van der Waals surface area (Å²) < 4.78 is 11.9. The average molecular weight is 268 g/mol. The van der Waals surface area contributed by atoms with Gasteiger partial charge in [0, 0.05) is 11.3 Å². The number of rotatable bonds is 1. The van der Waals surface area contributed by atoms with Crippen LogP contribution < -0.4 is 0 Å². The molecule has 1 saturated carbocycles. The highest BCUT2D eigenvalue weighted by Crippen LogP contribution is 2.62. The summed E-state index contributed by atoms with van der Waals surface area (Å²) in [7, 11) is 0. The molecule has 4 unspecified atom stereocenters. The Balaban J connectivity index is 1.83. The van der Waals surface area contributed by atoms with Gasteiger partial charge in [0.25, 0.3) is 0 Å². The fourth-order valence-corrected chi connectivity index (χ4v) is 3.38. The molecule has 0 aromatic heterocycles. The van der Waals surface area contributed by atoms with Crippen LogP contribution in [0.4, 0.5) is 0 Å². The highest BCUT2D eigenvalue weighted by Gasteiger charge is 2.73. The average Bonchev–Trinajstić information content (AvgIpc) is 2.96. The lowest BCUT2D eigenvalue weighted by Gasteiger charge is -2.36. The van der Waals surface area contributed by atoms with E-state index < -0.39 is 18.0 Å². The van der Waals surface area contributed by atoms with Gasteiger partial charge in [-0.25, -0.2) is 0 Å². The van der Waals surface area contributed by atoms with Crippen molar-refractivity contribution < 1.29 is 19.7 Å². The molecule has 1 heterocycles. The van der Waals surface area contributed by atoms with E-state index in [1.165, 1.54) is 0 Å². The van der Waals surface area contributed by atoms with E-state index in [4.69, 9.17) is 9.47 Å². The molecule has 1 spiro atoms. The van der Waals surface area contributed by atoms with Gasteiger partial charge in [-0.3, -0.25) is 0 Å². The molecule has 0 bridgehead atoms. The summed E-state index contributed by atoms with van der Waals surface area (Å²) in [6, 6.07) is 0. The SMILES string of the molecule is CC(C)C1=CC2C(C(O)C1O)C21OCC(C)(C)CO1. The fraction of sp³-hybridized carbons (Fsp3) is 0.867. The van der Waals surface area contributed by atoms with Gasteiger partial charge >= 0.3 is 0 Å². The van der Waals surface area contributed by atoms with Crippen LogP contribution >= 0.6 is 0 Å². The van der Waals surface area contributed by atoms with E-state index in [1.54, 1.807) is 0 Å². The second kappa shape index (κ2) is 4.04. The topological polar surface area (TPSA) is 58.9 Å². The predicted octanol–water partition coefficient (Wildman–Crippen LogP) is 1.32. The van der Waals surface area contributed by atoms with E-state index in [9.17, 15) is 10.2 Å². The summed E-state index contributed by atoms with van der Waals surface area (Å²) in [5.74, 6) is -0.504. The minimum atomic E-state index is -0.789. The van der Waals surface area contributed by atoms with Crippen LogP contribution in [-0.4, -0.2) is 41.4 Å². The molecule has 0 radical (unpaired) electrons.